The summed E-state index contributed by atoms with van der Waals surface area (Å²) in [6.45, 7) is 10.1. The molecule has 1 aliphatic rings. The van der Waals surface area contributed by atoms with E-state index in [4.69, 9.17) is 9.47 Å². The maximum Gasteiger partial charge on any atom is 0.410 e. The fraction of sp³-hybridized carbons (Fsp3) is 0.600. The van der Waals surface area contributed by atoms with Crippen molar-refractivity contribution in [1.82, 2.24) is 4.90 Å². The smallest absolute Gasteiger partial charge is 0.410 e. The molecule has 1 saturated heterocycles. The van der Waals surface area contributed by atoms with Gasteiger partial charge in [0, 0.05) is 25.3 Å². The van der Waals surface area contributed by atoms with Crippen LogP contribution in [0.1, 0.15) is 50.9 Å². The molecule has 2 rings (SSSR count). The normalized spacial score (nSPS) is 15.5. The number of benzene rings is 1. The van der Waals surface area contributed by atoms with Gasteiger partial charge in [0.15, 0.2) is 0 Å². The Labute approximate surface area is 155 Å². The van der Waals surface area contributed by atoms with Crippen molar-refractivity contribution in [3.8, 4) is 0 Å². The maximum atomic E-state index is 12.1. The van der Waals surface area contributed by atoms with Crippen molar-refractivity contribution in [3.63, 3.8) is 0 Å². The van der Waals surface area contributed by atoms with Crippen LogP contribution in [0.5, 0.6) is 0 Å². The van der Waals surface area contributed by atoms with Gasteiger partial charge in [-0.3, -0.25) is 0 Å². The molecule has 0 radical (unpaired) electrons. The minimum absolute atomic E-state index is 0.224. The molecule has 0 bridgehead atoms. The van der Waals surface area contributed by atoms with Crippen LogP contribution < -0.4 is 5.32 Å². The predicted molar refractivity (Wildman–Crippen MR) is 101 cm³/mol. The number of amides is 1. The summed E-state index contributed by atoms with van der Waals surface area (Å²) in [5, 5.41) is 3.41. The summed E-state index contributed by atoms with van der Waals surface area (Å²) in [6, 6.07) is 7.32. The highest BCUT2D eigenvalue weighted by Gasteiger charge is 2.26. The lowest BCUT2D eigenvalue weighted by Crippen LogP contribution is -2.42. The predicted octanol–water partition coefficient (Wildman–Crippen LogP) is 3.92. The highest BCUT2D eigenvalue weighted by molar-refractivity contribution is 5.89. The van der Waals surface area contributed by atoms with E-state index in [-0.39, 0.29) is 12.1 Å². The number of piperidine rings is 1. The third kappa shape index (κ3) is 6.24. The Morgan fingerprint density at radius 2 is 1.77 bits per heavy atom. The molecule has 0 aliphatic carbocycles. The van der Waals surface area contributed by atoms with Crippen molar-refractivity contribution < 1.29 is 19.1 Å². The molecule has 1 amide bonds. The third-order valence-corrected chi connectivity index (χ3v) is 4.26. The van der Waals surface area contributed by atoms with Crippen LogP contribution in [0.25, 0.3) is 0 Å². The summed E-state index contributed by atoms with van der Waals surface area (Å²) in [5.74, 6) is 0.215. The average Bonchev–Trinajstić information content (AvgIpc) is 2.59. The zero-order valence-corrected chi connectivity index (χ0v) is 16.2. The summed E-state index contributed by atoms with van der Waals surface area (Å²) < 4.78 is 10.4. The summed E-state index contributed by atoms with van der Waals surface area (Å²) in [5.41, 5.74) is 1.08. The van der Waals surface area contributed by atoms with Gasteiger partial charge in [-0.25, -0.2) is 9.59 Å². The van der Waals surface area contributed by atoms with Crippen molar-refractivity contribution in [2.24, 2.45) is 5.92 Å². The Bertz CT molecular complexity index is 599. The van der Waals surface area contributed by atoms with Crippen LogP contribution >= 0.6 is 0 Å². The standard InChI is InChI=1S/C20H30N2O4/c1-5-25-18(23)16-6-8-17(9-7-16)21-14-15-10-12-22(13-11-15)19(24)26-20(2,3)4/h6-9,15,21H,5,10-14H2,1-4H3. The number of carbonyl (C=O) groups is 2. The second-order valence-electron chi connectivity index (χ2n) is 7.59. The fourth-order valence-corrected chi connectivity index (χ4v) is 2.85. The van der Waals surface area contributed by atoms with Crippen LogP contribution in [-0.4, -0.2) is 48.8 Å². The van der Waals surface area contributed by atoms with Crippen LogP contribution in [0.4, 0.5) is 10.5 Å². The zero-order chi connectivity index (χ0) is 19.2. The van der Waals surface area contributed by atoms with E-state index >= 15 is 0 Å². The van der Waals surface area contributed by atoms with Crippen LogP contribution in [0, 0.1) is 5.92 Å². The van der Waals surface area contributed by atoms with Crippen LogP contribution in [-0.2, 0) is 9.47 Å². The molecule has 0 spiro atoms. The van der Waals surface area contributed by atoms with E-state index in [0.29, 0.717) is 18.1 Å². The number of carbonyl (C=O) groups excluding carboxylic acids is 2. The van der Waals surface area contributed by atoms with Crippen LogP contribution in [0.15, 0.2) is 24.3 Å². The quantitative estimate of drug-likeness (QED) is 0.804. The Morgan fingerprint density at radius 1 is 1.15 bits per heavy atom. The van der Waals surface area contributed by atoms with Gasteiger partial charge in [-0.1, -0.05) is 0 Å². The first-order valence-electron chi connectivity index (χ1n) is 9.27. The third-order valence-electron chi connectivity index (χ3n) is 4.26. The van der Waals surface area contributed by atoms with Gasteiger partial charge >= 0.3 is 12.1 Å². The molecule has 1 N–H and O–H groups in total. The van der Waals surface area contributed by atoms with E-state index in [9.17, 15) is 9.59 Å². The highest BCUT2D eigenvalue weighted by Crippen LogP contribution is 2.20. The van der Waals surface area contributed by atoms with Crippen LogP contribution in [0.3, 0.4) is 0 Å². The van der Waals surface area contributed by atoms with Gasteiger partial charge in [0.25, 0.3) is 0 Å². The van der Waals surface area contributed by atoms with Gasteiger partial charge in [-0.2, -0.15) is 0 Å². The molecule has 0 atom stereocenters. The number of anilines is 1. The van der Waals surface area contributed by atoms with Gasteiger partial charge in [-0.05, 0) is 70.7 Å². The van der Waals surface area contributed by atoms with E-state index in [1.807, 2.05) is 32.9 Å². The van der Waals surface area contributed by atoms with E-state index in [0.717, 1.165) is 38.2 Å². The van der Waals surface area contributed by atoms with E-state index < -0.39 is 5.60 Å². The molecule has 1 fully saturated rings. The Kier molecular flexibility index (Phi) is 6.89. The van der Waals surface area contributed by atoms with Gasteiger partial charge in [-0.15, -0.1) is 0 Å². The Balaban J connectivity index is 1.74. The van der Waals surface area contributed by atoms with Crippen molar-refractivity contribution in [3.05, 3.63) is 29.8 Å². The van der Waals surface area contributed by atoms with E-state index in [1.165, 1.54) is 0 Å². The summed E-state index contributed by atoms with van der Waals surface area (Å²) >= 11 is 0. The molecule has 1 heterocycles. The number of nitrogens with zero attached hydrogens (tertiary/aromatic N) is 1. The first-order chi connectivity index (χ1) is 12.3. The summed E-state index contributed by atoms with van der Waals surface area (Å²) in [4.78, 5) is 25.5. The first kappa shape index (κ1) is 20.1. The van der Waals surface area contributed by atoms with Crippen LogP contribution in [0.2, 0.25) is 0 Å². The molecule has 0 unspecified atom stereocenters. The Hall–Kier alpha value is -2.24. The molecule has 6 nitrogen and oxygen atoms in total. The number of hydrogen-bond donors (Lipinski definition) is 1. The molecule has 1 aromatic carbocycles. The molecular formula is C20H30N2O4. The van der Waals surface area contributed by atoms with Gasteiger partial charge in [0.2, 0.25) is 0 Å². The molecule has 0 aromatic heterocycles. The number of rotatable bonds is 5. The number of nitrogens with one attached hydrogen (secondary N) is 1. The lowest BCUT2D eigenvalue weighted by Gasteiger charge is -2.33. The minimum atomic E-state index is -0.453. The monoisotopic (exact) mass is 362 g/mol. The van der Waals surface area contributed by atoms with Crippen molar-refractivity contribution in [2.75, 3.05) is 31.6 Å². The molecular weight excluding hydrogens is 332 g/mol. The first-order valence-corrected chi connectivity index (χ1v) is 9.27. The molecule has 0 saturated carbocycles. The van der Waals surface area contributed by atoms with Gasteiger partial charge < -0.3 is 19.7 Å². The highest BCUT2D eigenvalue weighted by atomic mass is 16.6. The molecule has 6 heteroatoms. The summed E-state index contributed by atoms with van der Waals surface area (Å²) in [6.07, 6.45) is 1.68. The fourth-order valence-electron chi connectivity index (χ4n) is 2.85. The number of likely N-dealkylation sites (tertiary alicyclic amines) is 1. The SMILES string of the molecule is CCOC(=O)c1ccc(NCC2CCN(C(=O)OC(C)(C)C)CC2)cc1. The second kappa shape index (κ2) is 8.92. The average molecular weight is 362 g/mol. The van der Waals surface area contributed by atoms with E-state index in [2.05, 4.69) is 5.32 Å². The van der Waals surface area contributed by atoms with Gasteiger partial charge in [0.1, 0.15) is 5.60 Å². The molecule has 1 aliphatic heterocycles. The van der Waals surface area contributed by atoms with Crippen molar-refractivity contribution in [2.45, 2.75) is 46.1 Å². The lowest BCUT2D eigenvalue weighted by molar-refractivity contribution is 0.0188. The lowest BCUT2D eigenvalue weighted by atomic mass is 9.97. The van der Waals surface area contributed by atoms with Gasteiger partial charge in [0.05, 0.1) is 12.2 Å². The number of esters is 1. The topological polar surface area (TPSA) is 67.9 Å². The van der Waals surface area contributed by atoms with Crippen molar-refractivity contribution >= 4 is 17.7 Å². The number of ether oxygens (including phenoxy) is 2. The largest absolute Gasteiger partial charge is 0.462 e. The van der Waals surface area contributed by atoms with Crippen molar-refractivity contribution in [1.29, 1.82) is 0 Å². The molecule has 1 aromatic rings. The number of hydrogen-bond acceptors (Lipinski definition) is 5. The van der Waals surface area contributed by atoms with E-state index in [1.54, 1.807) is 24.0 Å². The Morgan fingerprint density at radius 3 is 2.31 bits per heavy atom. The zero-order valence-electron chi connectivity index (χ0n) is 16.2. The second-order valence-corrected chi connectivity index (χ2v) is 7.59. The minimum Gasteiger partial charge on any atom is -0.462 e. The maximum absolute atomic E-state index is 12.1. The summed E-state index contributed by atoms with van der Waals surface area (Å²) in [7, 11) is 0. The molecule has 144 valence electrons. The molecule has 26 heavy (non-hydrogen) atoms.